The maximum absolute atomic E-state index is 12.7. The van der Waals surface area contributed by atoms with Gasteiger partial charge in [0.25, 0.3) is 0 Å². The smallest absolute Gasteiger partial charge is 0.325 e. The molecule has 1 aromatic heterocycles. The molecule has 0 aliphatic heterocycles. The molecule has 1 heterocycles. The van der Waals surface area contributed by atoms with Gasteiger partial charge in [0.2, 0.25) is 5.91 Å². The lowest BCUT2D eigenvalue weighted by atomic mass is 10.2. The van der Waals surface area contributed by atoms with Crippen molar-refractivity contribution in [3.63, 3.8) is 0 Å². The van der Waals surface area contributed by atoms with E-state index in [-0.39, 0.29) is 11.4 Å². The fraction of sp³-hybridized carbons (Fsp3) is 0.118. The first kappa shape index (κ1) is 19.2. The van der Waals surface area contributed by atoms with Gasteiger partial charge in [0, 0.05) is 10.7 Å². The number of rotatable bonds is 5. The van der Waals surface area contributed by atoms with E-state index in [1.165, 1.54) is 18.5 Å². The van der Waals surface area contributed by atoms with Gasteiger partial charge >= 0.3 is 6.18 Å². The van der Waals surface area contributed by atoms with Crippen LogP contribution in [-0.4, -0.2) is 26.4 Å². The number of hydrogen-bond acceptors (Lipinski definition) is 4. The summed E-state index contributed by atoms with van der Waals surface area (Å²) >= 11 is 7.08. The maximum Gasteiger partial charge on any atom is 0.416 e. The number of anilines is 1. The number of thioether (sulfide) groups is 1. The lowest BCUT2D eigenvalue weighted by Crippen LogP contribution is -2.15. The minimum absolute atomic E-state index is 0.0461. The summed E-state index contributed by atoms with van der Waals surface area (Å²) in [6.07, 6.45) is -2.98. The number of halogens is 4. The molecule has 0 radical (unpaired) electrons. The van der Waals surface area contributed by atoms with E-state index in [0.29, 0.717) is 10.2 Å². The molecule has 0 aliphatic rings. The Morgan fingerprint density at radius 2 is 1.96 bits per heavy atom. The zero-order valence-electron chi connectivity index (χ0n) is 13.6. The number of aromatic nitrogens is 3. The summed E-state index contributed by atoms with van der Waals surface area (Å²) in [5, 5.41) is 11.2. The first-order valence-corrected chi connectivity index (χ1v) is 8.95. The molecule has 1 N–H and O–H groups in total. The molecule has 5 nitrogen and oxygen atoms in total. The van der Waals surface area contributed by atoms with Crippen LogP contribution in [0.3, 0.4) is 0 Å². The van der Waals surface area contributed by atoms with E-state index < -0.39 is 17.6 Å². The summed E-state index contributed by atoms with van der Waals surface area (Å²) in [5.41, 5.74) is -0.0197. The van der Waals surface area contributed by atoms with Crippen LogP contribution in [0.25, 0.3) is 5.69 Å². The van der Waals surface area contributed by atoms with Crippen LogP contribution in [-0.2, 0) is 11.0 Å². The van der Waals surface area contributed by atoms with Crippen molar-refractivity contribution in [1.29, 1.82) is 0 Å². The van der Waals surface area contributed by atoms with Crippen LogP contribution in [0, 0.1) is 0 Å². The Kier molecular flexibility index (Phi) is 5.71. The molecular formula is C17H12ClF3N4OS. The number of alkyl halides is 3. The van der Waals surface area contributed by atoms with Crippen molar-refractivity contribution in [2.24, 2.45) is 0 Å². The summed E-state index contributed by atoms with van der Waals surface area (Å²) < 4.78 is 39.8. The molecule has 0 unspecified atom stereocenters. The van der Waals surface area contributed by atoms with Crippen LogP contribution in [0.5, 0.6) is 0 Å². The Labute approximate surface area is 161 Å². The predicted octanol–water partition coefficient (Wildman–Crippen LogP) is 4.67. The van der Waals surface area contributed by atoms with E-state index in [9.17, 15) is 18.0 Å². The normalized spacial score (nSPS) is 11.4. The lowest BCUT2D eigenvalue weighted by Gasteiger charge is -2.10. The van der Waals surface area contributed by atoms with Crippen molar-refractivity contribution in [3.05, 3.63) is 65.4 Å². The Bertz CT molecular complexity index is 961. The topological polar surface area (TPSA) is 59.8 Å². The van der Waals surface area contributed by atoms with E-state index in [4.69, 9.17) is 11.6 Å². The second-order valence-corrected chi connectivity index (χ2v) is 6.76. The lowest BCUT2D eigenvalue weighted by molar-refractivity contribution is -0.137. The Hall–Kier alpha value is -2.52. The Morgan fingerprint density at radius 1 is 1.19 bits per heavy atom. The van der Waals surface area contributed by atoms with Gasteiger partial charge in [-0.1, -0.05) is 35.5 Å². The minimum atomic E-state index is -4.47. The second-order valence-electron chi connectivity index (χ2n) is 5.38. The zero-order valence-corrected chi connectivity index (χ0v) is 15.1. The third kappa shape index (κ3) is 5.01. The van der Waals surface area contributed by atoms with Gasteiger partial charge in [-0.05, 0) is 36.4 Å². The maximum atomic E-state index is 12.7. The molecule has 3 aromatic rings. The largest absolute Gasteiger partial charge is 0.416 e. The van der Waals surface area contributed by atoms with Gasteiger partial charge in [-0.3, -0.25) is 9.36 Å². The van der Waals surface area contributed by atoms with E-state index in [0.717, 1.165) is 29.6 Å². The van der Waals surface area contributed by atoms with Crippen molar-refractivity contribution < 1.29 is 18.0 Å². The molecule has 0 aliphatic carbocycles. The molecule has 0 spiro atoms. The third-order valence-electron chi connectivity index (χ3n) is 3.41. The van der Waals surface area contributed by atoms with Crippen molar-refractivity contribution >= 4 is 35.0 Å². The number of carbonyl (C=O) groups excluding carboxylic acids is 1. The highest BCUT2D eigenvalue weighted by atomic mass is 35.5. The van der Waals surface area contributed by atoms with E-state index >= 15 is 0 Å². The number of amides is 1. The number of benzene rings is 2. The first-order chi connectivity index (χ1) is 12.8. The summed E-state index contributed by atoms with van der Waals surface area (Å²) in [6.45, 7) is 0. The molecule has 0 saturated carbocycles. The van der Waals surface area contributed by atoms with E-state index in [1.807, 2.05) is 6.07 Å². The van der Waals surface area contributed by atoms with E-state index in [2.05, 4.69) is 15.5 Å². The van der Waals surface area contributed by atoms with Gasteiger partial charge in [-0.15, -0.1) is 10.2 Å². The predicted molar refractivity (Wildman–Crippen MR) is 97.2 cm³/mol. The fourth-order valence-electron chi connectivity index (χ4n) is 2.23. The minimum Gasteiger partial charge on any atom is -0.325 e. The van der Waals surface area contributed by atoms with Crippen LogP contribution >= 0.6 is 23.4 Å². The Morgan fingerprint density at radius 3 is 2.70 bits per heavy atom. The molecule has 2 aromatic carbocycles. The number of nitrogens with one attached hydrogen (secondary N) is 1. The van der Waals surface area contributed by atoms with Gasteiger partial charge in [-0.25, -0.2) is 0 Å². The van der Waals surface area contributed by atoms with Crippen molar-refractivity contribution in [2.75, 3.05) is 11.1 Å². The highest BCUT2D eigenvalue weighted by molar-refractivity contribution is 7.99. The molecule has 0 atom stereocenters. The van der Waals surface area contributed by atoms with Crippen LogP contribution in [0.15, 0.2) is 60.0 Å². The number of hydrogen-bond donors (Lipinski definition) is 1. The van der Waals surface area contributed by atoms with Crippen molar-refractivity contribution in [2.45, 2.75) is 11.3 Å². The SMILES string of the molecule is O=C(CSc1nncn1-c1cccc(Cl)c1)Nc1cccc(C(F)(F)F)c1. The molecular weight excluding hydrogens is 401 g/mol. The van der Waals surface area contributed by atoms with Gasteiger partial charge in [0.05, 0.1) is 17.0 Å². The monoisotopic (exact) mass is 412 g/mol. The quantitative estimate of drug-likeness (QED) is 0.619. The molecule has 0 saturated heterocycles. The molecule has 27 heavy (non-hydrogen) atoms. The summed E-state index contributed by atoms with van der Waals surface area (Å²) in [7, 11) is 0. The molecule has 0 fully saturated rings. The highest BCUT2D eigenvalue weighted by Gasteiger charge is 2.30. The molecule has 10 heteroatoms. The van der Waals surface area contributed by atoms with Crippen molar-refractivity contribution in [1.82, 2.24) is 14.8 Å². The molecule has 3 rings (SSSR count). The first-order valence-electron chi connectivity index (χ1n) is 7.59. The average molecular weight is 413 g/mol. The average Bonchev–Trinajstić information content (AvgIpc) is 3.08. The van der Waals surface area contributed by atoms with Crippen LogP contribution in [0.4, 0.5) is 18.9 Å². The van der Waals surface area contributed by atoms with Crippen LogP contribution in [0.2, 0.25) is 5.02 Å². The van der Waals surface area contributed by atoms with Gasteiger partial charge in [0.1, 0.15) is 6.33 Å². The van der Waals surface area contributed by atoms with Crippen LogP contribution in [0.1, 0.15) is 5.56 Å². The molecule has 1 amide bonds. The van der Waals surface area contributed by atoms with E-state index in [1.54, 1.807) is 22.8 Å². The zero-order chi connectivity index (χ0) is 19.4. The summed E-state index contributed by atoms with van der Waals surface area (Å²) in [5.74, 6) is -0.504. The summed E-state index contributed by atoms with van der Waals surface area (Å²) in [4.78, 5) is 12.1. The van der Waals surface area contributed by atoms with Gasteiger partial charge in [-0.2, -0.15) is 13.2 Å². The third-order valence-corrected chi connectivity index (χ3v) is 4.59. The number of nitrogens with zero attached hydrogens (tertiary/aromatic N) is 3. The molecule has 0 bridgehead atoms. The number of carbonyl (C=O) groups is 1. The Balaban J connectivity index is 1.65. The highest BCUT2D eigenvalue weighted by Crippen LogP contribution is 2.30. The molecule has 140 valence electrons. The standard InChI is InChI=1S/C17H12ClF3N4OS/c18-12-4-2-6-14(8-12)25-10-22-24-16(25)27-9-15(26)23-13-5-1-3-11(7-13)17(19,20)21/h1-8,10H,9H2,(H,23,26). The fourth-order valence-corrected chi connectivity index (χ4v) is 3.14. The van der Waals surface area contributed by atoms with Gasteiger partial charge < -0.3 is 5.32 Å². The second kappa shape index (κ2) is 8.01. The summed E-state index contributed by atoms with van der Waals surface area (Å²) in [6, 6.07) is 11.5. The van der Waals surface area contributed by atoms with Crippen molar-refractivity contribution in [3.8, 4) is 5.69 Å². The van der Waals surface area contributed by atoms with Crippen LogP contribution < -0.4 is 5.32 Å². The van der Waals surface area contributed by atoms with Gasteiger partial charge in [0.15, 0.2) is 5.16 Å².